The minimum atomic E-state index is -1.01. The largest absolute Gasteiger partial charge is 0.469 e. The van der Waals surface area contributed by atoms with E-state index in [-0.39, 0.29) is 25.4 Å². The average Bonchev–Trinajstić information content (AvgIpc) is 3.45. The van der Waals surface area contributed by atoms with E-state index in [1.165, 1.54) is 12.0 Å². The van der Waals surface area contributed by atoms with E-state index in [0.717, 1.165) is 21.7 Å². The molecule has 0 bridgehead atoms. The molecule has 1 aliphatic heterocycles. The molecule has 0 aliphatic carbocycles. The van der Waals surface area contributed by atoms with Crippen LogP contribution in [0.25, 0.3) is 10.4 Å². The minimum Gasteiger partial charge on any atom is -0.469 e. The van der Waals surface area contributed by atoms with Crippen molar-refractivity contribution in [3.63, 3.8) is 0 Å². The maximum Gasteiger partial charge on any atom is 0.315 e. The van der Waals surface area contributed by atoms with Crippen molar-refractivity contribution >= 4 is 35.0 Å². The molecule has 3 atom stereocenters. The third-order valence-corrected chi connectivity index (χ3v) is 7.22. The number of hydrogen-bond donors (Lipinski definition) is 3. The number of hydrogen-bond acceptors (Lipinski definition) is 8. The first kappa shape index (κ1) is 28.3. The normalized spacial score (nSPS) is 18.3. The third-order valence-electron chi connectivity index (χ3n) is 6.24. The number of amides is 3. The first-order valence-corrected chi connectivity index (χ1v) is 12.9. The molecule has 37 heavy (non-hydrogen) atoms. The van der Waals surface area contributed by atoms with Gasteiger partial charge >= 0.3 is 5.97 Å². The number of nitrogens with one attached hydrogen (secondary N) is 2. The molecule has 0 saturated carbocycles. The van der Waals surface area contributed by atoms with Crippen molar-refractivity contribution < 1.29 is 29.0 Å². The molecule has 2 aromatic rings. The fourth-order valence-electron chi connectivity index (χ4n) is 4.20. The smallest absolute Gasteiger partial charge is 0.315 e. The molecule has 11 heteroatoms. The minimum absolute atomic E-state index is 0.0285. The second-order valence-electron chi connectivity index (χ2n) is 10.2. The Hall–Kier alpha value is -3.31. The SMILES string of the molecule is COC(=O)CC(=O)N[C@H](C(=O)N1C[C@H](O)C[C@H]1C(=O)NCc1ccc(-c2scnc2C)cc1)C(C)(C)C. The topological polar surface area (TPSA) is 138 Å². The van der Waals surface area contributed by atoms with Crippen molar-refractivity contribution in [2.75, 3.05) is 13.7 Å². The van der Waals surface area contributed by atoms with Gasteiger partial charge in [0.05, 0.1) is 29.3 Å². The summed E-state index contributed by atoms with van der Waals surface area (Å²) in [5.74, 6) is -2.26. The Labute approximate surface area is 220 Å². The average molecular weight is 531 g/mol. The second-order valence-corrected chi connectivity index (χ2v) is 11.1. The van der Waals surface area contributed by atoms with Crippen molar-refractivity contribution in [2.45, 2.75) is 65.3 Å². The third kappa shape index (κ3) is 7.14. The van der Waals surface area contributed by atoms with Crippen LogP contribution in [-0.4, -0.2) is 70.5 Å². The predicted molar refractivity (Wildman–Crippen MR) is 138 cm³/mol. The summed E-state index contributed by atoms with van der Waals surface area (Å²) in [6, 6.07) is 5.91. The molecule has 2 heterocycles. The zero-order valence-corrected chi connectivity index (χ0v) is 22.6. The molecule has 3 rings (SSSR count). The molecule has 3 amide bonds. The lowest BCUT2D eigenvalue weighted by molar-refractivity contribution is -0.147. The predicted octanol–water partition coefficient (Wildman–Crippen LogP) is 1.79. The number of carbonyl (C=O) groups excluding carboxylic acids is 4. The lowest BCUT2D eigenvalue weighted by Crippen LogP contribution is -2.57. The van der Waals surface area contributed by atoms with Crippen LogP contribution in [0.3, 0.4) is 0 Å². The van der Waals surface area contributed by atoms with E-state index in [1.54, 1.807) is 37.6 Å². The highest BCUT2D eigenvalue weighted by molar-refractivity contribution is 7.13. The van der Waals surface area contributed by atoms with Gasteiger partial charge in [-0.25, -0.2) is 4.98 Å². The molecular weight excluding hydrogens is 496 g/mol. The Kier molecular flexibility index (Phi) is 9.03. The first-order valence-electron chi connectivity index (χ1n) is 12.0. The molecule has 0 unspecified atom stereocenters. The zero-order valence-electron chi connectivity index (χ0n) is 21.7. The molecule has 0 spiro atoms. The fourth-order valence-corrected chi connectivity index (χ4v) is 5.01. The number of likely N-dealkylation sites (tertiary alicyclic amines) is 1. The van der Waals surface area contributed by atoms with Gasteiger partial charge in [-0.05, 0) is 23.5 Å². The lowest BCUT2D eigenvalue weighted by Gasteiger charge is -2.35. The lowest BCUT2D eigenvalue weighted by atomic mass is 9.85. The molecule has 1 aliphatic rings. The number of carbonyl (C=O) groups is 4. The summed E-state index contributed by atoms with van der Waals surface area (Å²) in [6.45, 7) is 7.50. The summed E-state index contributed by atoms with van der Waals surface area (Å²) >= 11 is 1.57. The van der Waals surface area contributed by atoms with Gasteiger partial charge in [-0.2, -0.15) is 0 Å². The van der Waals surface area contributed by atoms with E-state index in [2.05, 4.69) is 20.4 Å². The van der Waals surface area contributed by atoms with Crippen LogP contribution >= 0.6 is 11.3 Å². The summed E-state index contributed by atoms with van der Waals surface area (Å²) in [7, 11) is 1.17. The van der Waals surface area contributed by atoms with Crippen LogP contribution in [0.1, 0.15) is 44.9 Å². The van der Waals surface area contributed by atoms with Gasteiger partial charge in [0, 0.05) is 19.5 Å². The van der Waals surface area contributed by atoms with Gasteiger partial charge in [-0.3, -0.25) is 19.2 Å². The number of benzene rings is 1. The van der Waals surface area contributed by atoms with E-state index in [4.69, 9.17) is 0 Å². The van der Waals surface area contributed by atoms with Crippen LogP contribution in [0.15, 0.2) is 29.8 Å². The number of ether oxygens (including phenoxy) is 1. The number of thiazole rings is 1. The number of aryl methyl sites for hydroxylation is 1. The van der Waals surface area contributed by atoms with Gasteiger partial charge in [-0.1, -0.05) is 45.0 Å². The Morgan fingerprint density at radius 1 is 1.22 bits per heavy atom. The number of aromatic nitrogens is 1. The van der Waals surface area contributed by atoms with E-state index in [0.29, 0.717) is 0 Å². The second kappa shape index (κ2) is 11.8. The van der Waals surface area contributed by atoms with E-state index in [9.17, 15) is 24.3 Å². The molecule has 3 N–H and O–H groups in total. The van der Waals surface area contributed by atoms with Crippen LogP contribution in [-0.2, 0) is 30.5 Å². The number of β-amino-alcohol motifs (C(OH)–C–C–N with tert-alkyl or cyclic N) is 1. The number of aliphatic hydroxyl groups is 1. The molecular formula is C26H34N4O6S. The van der Waals surface area contributed by atoms with E-state index >= 15 is 0 Å². The molecule has 1 saturated heterocycles. The maximum absolute atomic E-state index is 13.5. The first-order chi connectivity index (χ1) is 17.4. The standard InChI is InChI=1S/C26H34N4O6S/c1-15-22(37-14-28-15)17-8-6-16(7-9-17)12-27-24(34)19-10-18(31)13-30(19)25(35)23(26(2,3)4)29-20(32)11-21(33)36-5/h6-9,14,18-19,23,31H,10-13H2,1-5H3,(H,27,34)(H,29,32)/t18-,19+,23-/m1/s1. The monoisotopic (exact) mass is 530 g/mol. The highest BCUT2D eigenvalue weighted by Crippen LogP contribution is 2.28. The van der Waals surface area contributed by atoms with Gasteiger partial charge in [0.15, 0.2) is 0 Å². The highest BCUT2D eigenvalue weighted by Gasteiger charge is 2.44. The van der Waals surface area contributed by atoms with Gasteiger partial charge in [-0.15, -0.1) is 11.3 Å². The van der Waals surface area contributed by atoms with Crippen molar-refractivity contribution in [1.29, 1.82) is 0 Å². The van der Waals surface area contributed by atoms with Gasteiger partial charge in [0.2, 0.25) is 17.7 Å². The van der Waals surface area contributed by atoms with Crippen molar-refractivity contribution in [3.8, 4) is 10.4 Å². The molecule has 1 aromatic carbocycles. The van der Waals surface area contributed by atoms with Crippen LogP contribution in [0.4, 0.5) is 0 Å². The highest BCUT2D eigenvalue weighted by atomic mass is 32.1. The number of methoxy groups -OCH3 is 1. The van der Waals surface area contributed by atoms with Crippen LogP contribution < -0.4 is 10.6 Å². The zero-order chi connectivity index (χ0) is 27.3. The summed E-state index contributed by atoms with van der Waals surface area (Å²) in [4.78, 5) is 57.1. The van der Waals surface area contributed by atoms with Gasteiger partial charge in [0.1, 0.15) is 18.5 Å². The van der Waals surface area contributed by atoms with Crippen LogP contribution in [0.2, 0.25) is 0 Å². The number of rotatable bonds is 8. The quantitative estimate of drug-likeness (QED) is 0.349. The summed E-state index contributed by atoms with van der Waals surface area (Å²) in [5, 5.41) is 15.8. The summed E-state index contributed by atoms with van der Waals surface area (Å²) < 4.78 is 4.52. The Bertz CT molecular complexity index is 1140. The van der Waals surface area contributed by atoms with E-state index in [1.807, 2.05) is 31.2 Å². The Balaban J connectivity index is 1.67. The summed E-state index contributed by atoms with van der Waals surface area (Å²) in [5.41, 5.74) is 3.99. The van der Waals surface area contributed by atoms with Crippen molar-refractivity contribution in [3.05, 3.63) is 41.0 Å². The number of esters is 1. The Morgan fingerprint density at radius 3 is 2.46 bits per heavy atom. The van der Waals surface area contributed by atoms with Gasteiger partial charge < -0.3 is 25.4 Å². The maximum atomic E-state index is 13.5. The molecule has 1 aromatic heterocycles. The van der Waals surface area contributed by atoms with Gasteiger partial charge in [0.25, 0.3) is 0 Å². The number of aliphatic hydroxyl groups excluding tert-OH is 1. The molecule has 200 valence electrons. The number of nitrogens with zero attached hydrogens (tertiary/aromatic N) is 2. The Morgan fingerprint density at radius 2 is 1.89 bits per heavy atom. The van der Waals surface area contributed by atoms with E-state index < -0.39 is 47.8 Å². The van der Waals surface area contributed by atoms with Crippen LogP contribution in [0.5, 0.6) is 0 Å². The van der Waals surface area contributed by atoms with Crippen molar-refractivity contribution in [2.24, 2.45) is 5.41 Å². The van der Waals surface area contributed by atoms with Crippen molar-refractivity contribution in [1.82, 2.24) is 20.5 Å². The fraction of sp³-hybridized carbons (Fsp3) is 0.500. The molecule has 1 fully saturated rings. The molecule has 10 nitrogen and oxygen atoms in total. The summed E-state index contributed by atoms with van der Waals surface area (Å²) in [6.07, 6.45) is -1.30. The molecule has 0 radical (unpaired) electrons. The van der Waals surface area contributed by atoms with Crippen LogP contribution in [0, 0.1) is 12.3 Å².